The first-order chi connectivity index (χ1) is 11.4. The van der Waals surface area contributed by atoms with E-state index in [9.17, 15) is 0 Å². The molecule has 1 heterocycles. The lowest BCUT2D eigenvalue weighted by atomic mass is 10.0. The van der Waals surface area contributed by atoms with Crippen molar-refractivity contribution in [1.82, 2.24) is 9.55 Å². The van der Waals surface area contributed by atoms with E-state index in [1.807, 2.05) is 18.5 Å². The minimum absolute atomic E-state index is 0.769. The molecule has 0 spiro atoms. The minimum atomic E-state index is 0.769. The number of imidazole rings is 1. The summed E-state index contributed by atoms with van der Waals surface area (Å²) in [4.78, 5) is 4.70. The molecule has 0 saturated heterocycles. The number of aryl methyl sites for hydroxylation is 1. The lowest BCUT2D eigenvalue weighted by molar-refractivity contribution is 0.594. The van der Waals surface area contributed by atoms with Crippen LogP contribution in [0.25, 0.3) is 22.5 Å². The van der Waals surface area contributed by atoms with Gasteiger partial charge >= 0.3 is 0 Å². The minimum Gasteiger partial charge on any atom is -0.330 e. The third-order valence-electron chi connectivity index (χ3n) is 4.04. The molecule has 0 fully saturated rings. The number of rotatable bonds is 7. The molecular weight excluding hydrogens is 282 g/mol. The Morgan fingerprint density at radius 1 is 0.783 bits per heavy atom. The molecule has 0 aliphatic heterocycles. The zero-order valence-corrected chi connectivity index (χ0v) is 13.4. The fourth-order valence-electron chi connectivity index (χ4n) is 2.86. The molecule has 0 aliphatic rings. The Balaban J connectivity index is 1.96. The molecule has 0 bridgehead atoms. The van der Waals surface area contributed by atoms with Gasteiger partial charge in [0.25, 0.3) is 0 Å². The molecule has 0 aliphatic carbocycles. The molecule has 2 N–H and O–H groups in total. The first-order valence-electron chi connectivity index (χ1n) is 8.26. The summed E-state index contributed by atoms with van der Waals surface area (Å²) in [6.45, 7) is 1.74. The van der Waals surface area contributed by atoms with Crippen LogP contribution in [-0.4, -0.2) is 16.1 Å². The van der Waals surface area contributed by atoms with Crippen LogP contribution in [0.5, 0.6) is 0 Å². The van der Waals surface area contributed by atoms with E-state index in [0.717, 1.165) is 43.6 Å². The van der Waals surface area contributed by atoms with Crippen LogP contribution >= 0.6 is 0 Å². The molecule has 2 aromatic carbocycles. The molecule has 0 radical (unpaired) electrons. The maximum Gasteiger partial charge on any atom is 0.0963 e. The fourth-order valence-corrected chi connectivity index (χ4v) is 2.86. The Hall–Kier alpha value is -2.39. The molecular formula is C20H23N3. The molecule has 0 atom stereocenters. The summed E-state index contributed by atoms with van der Waals surface area (Å²) >= 11 is 0. The van der Waals surface area contributed by atoms with Gasteiger partial charge in [-0.15, -0.1) is 0 Å². The van der Waals surface area contributed by atoms with Gasteiger partial charge in [0.15, 0.2) is 0 Å². The van der Waals surface area contributed by atoms with E-state index >= 15 is 0 Å². The van der Waals surface area contributed by atoms with Gasteiger partial charge in [0, 0.05) is 17.7 Å². The Bertz CT molecular complexity index is 717. The number of aromatic nitrogens is 2. The van der Waals surface area contributed by atoms with E-state index in [4.69, 9.17) is 10.7 Å². The quantitative estimate of drug-likeness (QED) is 0.660. The van der Waals surface area contributed by atoms with Gasteiger partial charge in [-0.3, -0.25) is 0 Å². The average molecular weight is 305 g/mol. The summed E-state index contributed by atoms with van der Waals surface area (Å²) in [5, 5.41) is 0. The van der Waals surface area contributed by atoms with Crippen molar-refractivity contribution >= 4 is 0 Å². The van der Waals surface area contributed by atoms with Crippen LogP contribution < -0.4 is 5.73 Å². The standard InChI is InChI=1S/C20H23N3/c21-14-8-3-9-15-23-16-22-19(17-10-4-1-5-11-17)20(23)18-12-6-2-7-13-18/h1-2,4-7,10-13,16H,3,8-9,14-15,21H2. The molecule has 3 heteroatoms. The van der Waals surface area contributed by atoms with Crippen molar-refractivity contribution in [1.29, 1.82) is 0 Å². The fraction of sp³-hybridized carbons (Fsp3) is 0.250. The van der Waals surface area contributed by atoms with Gasteiger partial charge in [0.2, 0.25) is 0 Å². The highest BCUT2D eigenvalue weighted by Crippen LogP contribution is 2.31. The molecule has 0 amide bonds. The lowest BCUT2D eigenvalue weighted by Gasteiger charge is -2.10. The van der Waals surface area contributed by atoms with E-state index < -0.39 is 0 Å². The van der Waals surface area contributed by atoms with Crippen LogP contribution in [-0.2, 0) is 6.54 Å². The van der Waals surface area contributed by atoms with Gasteiger partial charge < -0.3 is 10.3 Å². The monoisotopic (exact) mass is 305 g/mol. The Kier molecular flexibility index (Phi) is 5.22. The van der Waals surface area contributed by atoms with E-state index in [-0.39, 0.29) is 0 Å². The van der Waals surface area contributed by atoms with E-state index in [0.29, 0.717) is 0 Å². The zero-order valence-electron chi connectivity index (χ0n) is 13.4. The molecule has 3 aromatic rings. The smallest absolute Gasteiger partial charge is 0.0963 e. The Morgan fingerprint density at radius 3 is 2.09 bits per heavy atom. The predicted octanol–water partition coefficient (Wildman–Crippen LogP) is 4.35. The SMILES string of the molecule is NCCCCCn1cnc(-c2ccccc2)c1-c1ccccc1. The highest BCUT2D eigenvalue weighted by molar-refractivity contribution is 5.78. The van der Waals surface area contributed by atoms with Gasteiger partial charge in [-0.2, -0.15) is 0 Å². The first kappa shape index (κ1) is 15.5. The Morgan fingerprint density at radius 2 is 1.43 bits per heavy atom. The average Bonchev–Trinajstić information content (AvgIpc) is 3.04. The second kappa shape index (κ2) is 7.75. The van der Waals surface area contributed by atoms with Crippen molar-refractivity contribution in [2.45, 2.75) is 25.8 Å². The summed E-state index contributed by atoms with van der Waals surface area (Å²) in [6, 6.07) is 20.9. The predicted molar refractivity (Wildman–Crippen MR) is 96.0 cm³/mol. The van der Waals surface area contributed by atoms with Crippen LogP contribution in [0.15, 0.2) is 67.0 Å². The number of hydrogen-bond donors (Lipinski definition) is 1. The maximum absolute atomic E-state index is 5.59. The van der Waals surface area contributed by atoms with Crippen molar-refractivity contribution in [3.8, 4) is 22.5 Å². The van der Waals surface area contributed by atoms with Crippen molar-refractivity contribution in [2.75, 3.05) is 6.54 Å². The van der Waals surface area contributed by atoms with E-state index in [1.54, 1.807) is 0 Å². The van der Waals surface area contributed by atoms with Gasteiger partial charge in [-0.25, -0.2) is 4.98 Å². The van der Waals surface area contributed by atoms with Crippen molar-refractivity contribution in [3.05, 3.63) is 67.0 Å². The zero-order chi connectivity index (χ0) is 15.9. The normalized spacial score (nSPS) is 10.8. The van der Waals surface area contributed by atoms with Crippen LogP contribution in [0, 0.1) is 0 Å². The van der Waals surface area contributed by atoms with Crippen LogP contribution in [0.2, 0.25) is 0 Å². The molecule has 3 rings (SSSR count). The second-order valence-electron chi connectivity index (χ2n) is 5.72. The van der Waals surface area contributed by atoms with E-state index in [1.165, 1.54) is 11.3 Å². The van der Waals surface area contributed by atoms with Crippen LogP contribution in [0.4, 0.5) is 0 Å². The molecule has 23 heavy (non-hydrogen) atoms. The number of nitrogens with zero attached hydrogens (tertiary/aromatic N) is 2. The number of benzene rings is 2. The highest BCUT2D eigenvalue weighted by atomic mass is 15.1. The summed E-state index contributed by atoms with van der Waals surface area (Å²) < 4.78 is 2.27. The number of nitrogens with two attached hydrogens (primary N) is 1. The Labute approximate surface area is 137 Å². The topological polar surface area (TPSA) is 43.8 Å². The van der Waals surface area contributed by atoms with Gasteiger partial charge in [0.1, 0.15) is 0 Å². The molecule has 3 nitrogen and oxygen atoms in total. The van der Waals surface area contributed by atoms with Crippen molar-refractivity contribution < 1.29 is 0 Å². The summed E-state index contributed by atoms with van der Waals surface area (Å²) in [7, 11) is 0. The third kappa shape index (κ3) is 3.69. The van der Waals surface area contributed by atoms with E-state index in [2.05, 4.69) is 53.1 Å². The molecule has 0 saturated carbocycles. The van der Waals surface area contributed by atoms with Crippen LogP contribution in [0.3, 0.4) is 0 Å². The summed E-state index contributed by atoms with van der Waals surface area (Å²) in [5.41, 5.74) is 10.2. The van der Waals surface area contributed by atoms with Crippen molar-refractivity contribution in [2.24, 2.45) is 5.73 Å². The maximum atomic E-state index is 5.59. The molecule has 118 valence electrons. The number of unbranched alkanes of at least 4 members (excludes halogenated alkanes) is 2. The third-order valence-corrected chi connectivity index (χ3v) is 4.04. The lowest BCUT2D eigenvalue weighted by Crippen LogP contribution is -2.02. The number of hydrogen-bond acceptors (Lipinski definition) is 2. The first-order valence-corrected chi connectivity index (χ1v) is 8.26. The molecule has 0 unspecified atom stereocenters. The van der Waals surface area contributed by atoms with Crippen molar-refractivity contribution in [3.63, 3.8) is 0 Å². The summed E-state index contributed by atoms with van der Waals surface area (Å²) in [5.74, 6) is 0. The van der Waals surface area contributed by atoms with Gasteiger partial charge in [-0.1, -0.05) is 67.1 Å². The van der Waals surface area contributed by atoms with Gasteiger partial charge in [0.05, 0.1) is 17.7 Å². The van der Waals surface area contributed by atoms with Crippen LogP contribution in [0.1, 0.15) is 19.3 Å². The molecule has 1 aromatic heterocycles. The second-order valence-corrected chi connectivity index (χ2v) is 5.72. The highest BCUT2D eigenvalue weighted by Gasteiger charge is 2.14. The van der Waals surface area contributed by atoms with Gasteiger partial charge in [-0.05, 0) is 19.4 Å². The largest absolute Gasteiger partial charge is 0.330 e. The summed E-state index contributed by atoms with van der Waals surface area (Å²) in [6.07, 6.45) is 5.33.